The third-order valence-corrected chi connectivity index (χ3v) is 3.81. The summed E-state index contributed by atoms with van der Waals surface area (Å²) in [7, 11) is 1.31. The standard InChI is InChI=1S/C14H13BrClNO3/c1-8-5-10(15)12(6-11(8)16)17-7-9-3-4-13(20-9)14(18)19-2/h3-6,17H,7H2,1-2H3. The number of anilines is 1. The molecule has 4 nitrogen and oxygen atoms in total. The van der Waals surface area contributed by atoms with Crippen LogP contribution in [0.2, 0.25) is 5.02 Å². The average molecular weight is 359 g/mol. The Morgan fingerprint density at radius 2 is 2.20 bits per heavy atom. The number of nitrogens with one attached hydrogen (secondary N) is 1. The Balaban J connectivity index is 2.07. The maximum Gasteiger partial charge on any atom is 0.373 e. The summed E-state index contributed by atoms with van der Waals surface area (Å²) >= 11 is 9.56. The van der Waals surface area contributed by atoms with Crippen molar-refractivity contribution in [1.82, 2.24) is 0 Å². The fourth-order valence-electron chi connectivity index (χ4n) is 1.65. The van der Waals surface area contributed by atoms with Crippen molar-refractivity contribution >= 4 is 39.2 Å². The van der Waals surface area contributed by atoms with Gasteiger partial charge in [0.2, 0.25) is 5.76 Å². The molecule has 1 aromatic heterocycles. The van der Waals surface area contributed by atoms with E-state index in [-0.39, 0.29) is 5.76 Å². The van der Waals surface area contributed by atoms with E-state index in [9.17, 15) is 4.79 Å². The summed E-state index contributed by atoms with van der Waals surface area (Å²) in [5.74, 6) is 0.329. The molecule has 20 heavy (non-hydrogen) atoms. The van der Waals surface area contributed by atoms with E-state index in [1.807, 2.05) is 19.1 Å². The number of furan rings is 1. The van der Waals surface area contributed by atoms with Gasteiger partial charge in [-0.25, -0.2) is 4.79 Å². The van der Waals surface area contributed by atoms with Crippen molar-refractivity contribution < 1.29 is 13.9 Å². The van der Waals surface area contributed by atoms with Gasteiger partial charge in [0.05, 0.1) is 19.3 Å². The summed E-state index contributed by atoms with van der Waals surface area (Å²) < 4.78 is 10.9. The van der Waals surface area contributed by atoms with E-state index >= 15 is 0 Å². The minimum atomic E-state index is -0.490. The van der Waals surface area contributed by atoms with Crippen molar-refractivity contribution in [3.63, 3.8) is 0 Å². The molecule has 0 spiro atoms. The molecule has 0 fully saturated rings. The number of esters is 1. The Hall–Kier alpha value is -1.46. The molecule has 0 saturated carbocycles. The number of carbonyl (C=O) groups is 1. The van der Waals surface area contributed by atoms with Gasteiger partial charge in [-0.2, -0.15) is 0 Å². The number of hydrogen-bond acceptors (Lipinski definition) is 4. The zero-order chi connectivity index (χ0) is 14.7. The monoisotopic (exact) mass is 357 g/mol. The van der Waals surface area contributed by atoms with Crippen molar-refractivity contribution in [2.75, 3.05) is 12.4 Å². The molecule has 1 aromatic carbocycles. The lowest BCUT2D eigenvalue weighted by Crippen LogP contribution is -2.01. The molecular weight excluding hydrogens is 346 g/mol. The molecule has 1 N–H and O–H groups in total. The van der Waals surface area contributed by atoms with E-state index in [0.717, 1.165) is 15.7 Å². The average Bonchev–Trinajstić information content (AvgIpc) is 2.89. The maximum atomic E-state index is 11.3. The van der Waals surface area contributed by atoms with Crippen molar-refractivity contribution in [3.05, 3.63) is 50.8 Å². The molecule has 0 unspecified atom stereocenters. The van der Waals surface area contributed by atoms with Crippen LogP contribution in [0.25, 0.3) is 0 Å². The first-order valence-electron chi connectivity index (χ1n) is 5.88. The Morgan fingerprint density at radius 1 is 1.45 bits per heavy atom. The third-order valence-electron chi connectivity index (χ3n) is 2.75. The topological polar surface area (TPSA) is 51.5 Å². The number of hydrogen-bond donors (Lipinski definition) is 1. The zero-order valence-corrected chi connectivity index (χ0v) is 13.3. The van der Waals surface area contributed by atoms with E-state index < -0.39 is 5.97 Å². The van der Waals surface area contributed by atoms with Crippen LogP contribution >= 0.6 is 27.5 Å². The van der Waals surface area contributed by atoms with E-state index in [1.54, 1.807) is 12.1 Å². The Labute approximate surface area is 130 Å². The maximum absolute atomic E-state index is 11.3. The number of methoxy groups -OCH3 is 1. The highest BCUT2D eigenvalue weighted by atomic mass is 79.9. The fraction of sp³-hybridized carbons (Fsp3) is 0.214. The molecule has 6 heteroatoms. The van der Waals surface area contributed by atoms with Crippen LogP contribution in [0, 0.1) is 6.92 Å². The predicted octanol–water partition coefficient (Wildman–Crippen LogP) is 4.40. The lowest BCUT2D eigenvalue weighted by Gasteiger charge is -2.09. The van der Waals surface area contributed by atoms with E-state index in [4.69, 9.17) is 16.0 Å². The Kier molecular flexibility index (Phi) is 4.73. The quantitative estimate of drug-likeness (QED) is 0.823. The molecule has 0 radical (unpaired) electrons. The number of halogens is 2. The Morgan fingerprint density at radius 3 is 2.90 bits per heavy atom. The minimum Gasteiger partial charge on any atom is -0.463 e. The lowest BCUT2D eigenvalue weighted by atomic mass is 10.2. The molecular formula is C14H13BrClNO3. The van der Waals surface area contributed by atoms with Crippen molar-refractivity contribution in [3.8, 4) is 0 Å². The minimum absolute atomic E-state index is 0.185. The predicted molar refractivity (Wildman–Crippen MR) is 81.3 cm³/mol. The van der Waals surface area contributed by atoms with Gasteiger partial charge in [0.25, 0.3) is 0 Å². The molecule has 0 atom stereocenters. The van der Waals surface area contributed by atoms with Crippen LogP contribution in [0.3, 0.4) is 0 Å². The number of carbonyl (C=O) groups excluding carboxylic acids is 1. The first-order chi connectivity index (χ1) is 9.51. The van der Waals surface area contributed by atoms with E-state index in [2.05, 4.69) is 26.0 Å². The van der Waals surface area contributed by atoms with E-state index in [0.29, 0.717) is 17.3 Å². The van der Waals surface area contributed by atoms with Gasteiger partial charge in [0.15, 0.2) is 0 Å². The molecule has 0 bridgehead atoms. The van der Waals surface area contributed by atoms with Gasteiger partial charge >= 0.3 is 5.97 Å². The second kappa shape index (κ2) is 6.33. The summed E-state index contributed by atoms with van der Waals surface area (Å²) in [5.41, 5.74) is 1.85. The summed E-state index contributed by atoms with van der Waals surface area (Å²) in [6, 6.07) is 7.08. The molecule has 0 aliphatic heterocycles. The molecule has 0 amide bonds. The van der Waals surface area contributed by atoms with Crippen molar-refractivity contribution in [1.29, 1.82) is 0 Å². The fourth-order valence-corrected chi connectivity index (χ4v) is 2.41. The lowest BCUT2D eigenvalue weighted by molar-refractivity contribution is 0.0563. The van der Waals surface area contributed by atoms with Crippen molar-refractivity contribution in [2.45, 2.75) is 13.5 Å². The number of ether oxygens (including phenoxy) is 1. The van der Waals surface area contributed by atoms with Crippen molar-refractivity contribution in [2.24, 2.45) is 0 Å². The molecule has 2 rings (SSSR count). The molecule has 2 aromatic rings. The van der Waals surface area contributed by atoms with Gasteiger partial charge < -0.3 is 14.5 Å². The van der Waals surface area contributed by atoms with Crippen LogP contribution in [-0.2, 0) is 11.3 Å². The van der Waals surface area contributed by atoms with Gasteiger partial charge in [-0.1, -0.05) is 11.6 Å². The van der Waals surface area contributed by atoms with Crippen LogP contribution in [0.15, 0.2) is 33.2 Å². The van der Waals surface area contributed by atoms with Crippen LogP contribution < -0.4 is 5.32 Å². The van der Waals surface area contributed by atoms with Gasteiger partial charge in [-0.3, -0.25) is 0 Å². The van der Waals surface area contributed by atoms with Crippen LogP contribution in [0.5, 0.6) is 0 Å². The van der Waals surface area contributed by atoms with Gasteiger partial charge in [-0.15, -0.1) is 0 Å². The van der Waals surface area contributed by atoms with Gasteiger partial charge in [0, 0.05) is 9.50 Å². The first kappa shape index (κ1) is 14.9. The largest absolute Gasteiger partial charge is 0.463 e. The highest BCUT2D eigenvalue weighted by Crippen LogP contribution is 2.29. The zero-order valence-electron chi connectivity index (χ0n) is 11.0. The van der Waals surface area contributed by atoms with E-state index in [1.165, 1.54) is 7.11 Å². The smallest absolute Gasteiger partial charge is 0.373 e. The number of rotatable bonds is 4. The number of aryl methyl sites for hydroxylation is 1. The summed E-state index contributed by atoms with van der Waals surface area (Å²) in [6.45, 7) is 2.38. The van der Waals surface area contributed by atoms with Crippen LogP contribution in [-0.4, -0.2) is 13.1 Å². The number of benzene rings is 1. The summed E-state index contributed by atoms with van der Waals surface area (Å²) in [5, 5.41) is 3.88. The molecule has 1 heterocycles. The molecule has 0 saturated heterocycles. The second-order valence-corrected chi connectivity index (χ2v) is 5.45. The second-order valence-electron chi connectivity index (χ2n) is 4.19. The normalized spacial score (nSPS) is 10.4. The Bertz CT molecular complexity index is 639. The SMILES string of the molecule is COC(=O)c1ccc(CNc2cc(Cl)c(C)cc2Br)o1. The van der Waals surface area contributed by atoms with Crippen LogP contribution in [0.4, 0.5) is 5.69 Å². The van der Waals surface area contributed by atoms with Gasteiger partial charge in [0.1, 0.15) is 5.76 Å². The molecule has 0 aliphatic carbocycles. The first-order valence-corrected chi connectivity index (χ1v) is 7.05. The molecule has 106 valence electrons. The highest BCUT2D eigenvalue weighted by molar-refractivity contribution is 9.10. The molecule has 0 aliphatic rings. The van der Waals surface area contributed by atoms with Gasteiger partial charge in [-0.05, 0) is 52.7 Å². The summed E-state index contributed by atoms with van der Waals surface area (Å²) in [4.78, 5) is 11.3. The van der Waals surface area contributed by atoms with Crippen LogP contribution in [0.1, 0.15) is 21.9 Å². The highest BCUT2D eigenvalue weighted by Gasteiger charge is 2.11. The summed E-state index contributed by atoms with van der Waals surface area (Å²) in [6.07, 6.45) is 0. The third kappa shape index (κ3) is 3.35.